The fraction of sp³-hybridized carbons (Fsp3) is 0.269. The lowest BCUT2D eigenvalue weighted by Gasteiger charge is -2.30. The molecule has 4 rings (SSSR count). The van der Waals surface area contributed by atoms with Crippen LogP contribution in [-0.2, 0) is 5.79 Å². The van der Waals surface area contributed by atoms with Crippen LogP contribution in [0.15, 0.2) is 48.5 Å². The average Bonchev–Trinajstić information content (AvgIpc) is 3.16. The van der Waals surface area contributed by atoms with Crippen LogP contribution in [0.1, 0.15) is 46.0 Å². The molecule has 1 atom stereocenters. The summed E-state index contributed by atoms with van der Waals surface area (Å²) < 4.78 is 41.2. The lowest BCUT2D eigenvalue weighted by Crippen LogP contribution is -2.37. The lowest BCUT2D eigenvalue weighted by molar-refractivity contribution is -0.0459. The van der Waals surface area contributed by atoms with E-state index in [0.717, 1.165) is 23.6 Å². The van der Waals surface area contributed by atoms with Gasteiger partial charge in [0.1, 0.15) is 11.6 Å². The molecule has 172 valence electrons. The molecule has 33 heavy (non-hydrogen) atoms. The van der Waals surface area contributed by atoms with E-state index in [1.165, 1.54) is 35.2 Å². The van der Waals surface area contributed by atoms with Crippen molar-refractivity contribution in [1.82, 2.24) is 4.90 Å². The number of fused-ring (bicyclic) bond motifs is 1. The number of benzene rings is 3. The van der Waals surface area contributed by atoms with E-state index in [1.54, 1.807) is 13.1 Å². The second-order valence-electron chi connectivity index (χ2n) is 8.20. The molecule has 0 bridgehead atoms. The minimum atomic E-state index is -1.57. The summed E-state index contributed by atoms with van der Waals surface area (Å²) in [4.78, 5) is 14.2. The van der Waals surface area contributed by atoms with E-state index in [9.17, 15) is 13.6 Å². The summed E-state index contributed by atoms with van der Waals surface area (Å²) in [6, 6.07) is 11.8. The highest BCUT2D eigenvalue weighted by molar-refractivity contribution is 6.32. The van der Waals surface area contributed by atoms with Crippen LogP contribution in [0.4, 0.5) is 8.78 Å². The topological polar surface area (TPSA) is 38.8 Å². The van der Waals surface area contributed by atoms with Gasteiger partial charge >= 0.3 is 5.79 Å². The molecule has 0 radical (unpaired) electrons. The predicted molar refractivity (Wildman–Crippen MR) is 123 cm³/mol. The Bertz CT molecular complexity index is 1230. The number of amides is 1. The molecule has 1 aliphatic rings. The van der Waals surface area contributed by atoms with Crippen LogP contribution in [0.25, 0.3) is 0 Å². The van der Waals surface area contributed by atoms with Crippen LogP contribution in [0.5, 0.6) is 11.5 Å². The van der Waals surface area contributed by atoms with Crippen molar-refractivity contribution in [2.24, 2.45) is 0 Å². The standard InChI is InChI=1S/C26H24ClF2NO3/c1-5-12-30(4)25(31)19-13-22-23(14-21(19)29)33-26(32-22,17-7-9-18(28)10-8-17)20-11-6-15(2)16(3)24(20)27/h6-11,13-14H,5,12H2,1-4H3. The van der Waals surface area contributed by atoms with Crippen LogP contribution in [0.2, 0.25) is 5.02 Å². The van der Waals surface area contributed by atoms with Crippen LogP contribution in [0.3, 0.4) is 0 Å². The number of nitrogens with zero attached hydrogens (tertiary/aromatic N) is 1. The normalized spacial score (nSPS) is 16.7. The van der Waals surface area contributed by atoms with Crippen LogP contribution in [-0.4, -0.2) is 24.4 Å². The van der Waals surface area contributed by atoms with Gasteiger partial charge in [-0.2, -0.15) is 0 Å². The largest absolute Gasteiger partial charge is 0.440 e. The monoisotopic (exact) mass is 471 g/mol. The first-order chi connectivity index (χ1) is 15.7. The second kappa shape index (κ2) is 8.67. The second-order valence-corrected chi connectivity index (χ2v) is 8.58. The highest BCUT2D eigenvalue weighted by Crippen LogP contribution is 2.50. The molecule has 1 amide bonds. The minimum Gasteiger partial charge on any atom is -0.440 e. The summed E-state index contributed by atoms with van der Waals surface area (Å²) in [5.41, 5.74) is 2.66. The molecule has 1 heterocycles. The molecule has 1 aliphatic heterocycles. The molecular formula is C26H24ClF2NO3. The maximum atomic E-state index is 14.9. The Morgan fingerprint density at radius 3 is 2.30 bits per heavy atom. The van der Waals surface area contributed by atoms with Gasteiger partial charge in [0.25, 0.3) is 5.91 Å². The number of carbonyl (C=O) groups excluding carboxylic acids is 1. The summed E-state index contributed by atoms with van der Waals surface area (Å²) in [6.07, 6.45) is 0.743. The zero-order chi connectivity index (χ0) is 23.9. The first kappa shape index (κ1) is 23.1. The van der Waals surface area contributed by atoms with Crippen LogP contribution in [0, 0.1) is 25.5 Å². The van der Waals surface area contributed by atoms with Gasteiger partial charge in [0.05, 0.1) is 16.1 Å². The molecule has 1 unspecified atom stereocenters. The molecule has 3 aromatic carbocycles. The highest BCUT2D eigenvalue weighted by atomic mass is 35.5. The Hall–Kier alpha value is -3.12. The van der Waals surface area contributed by atoms with Crippen molar-refractivity contribution < 1.29 is 23.0 Å². The lowest BCUT2D eigenvalue weighted by atomic mass is 9.94. The summed E-state index contributed by atoms with van der Waals surface area (Å²) in [5.74, 6) is -2.84. The summed E-state index contributed by atoms with van der Waals surface area (Å²) in [5, 5.41) is 0.423. The maximum Gasteiger partial charge on any atom is 0.307 e. The smallest absolute Gasteiger partial charge is 0.307 e. The number of halogens is 3. The Morgan fingerprint density at radius 2 is 1.67 bits per heavy atom. The number of rotatable bonds is 5. The molecule has 3 aromatic rings. The predicted octanol–water partition coefficient (Wildman–Crippen LogP) is 6.39. The Labute approximate surface area is 196 Å². The molecule has 0 aromatic heterocycles. The third-order valence-corrected chi connectivity index (χ3v) is 6.40. The van der Waals surface area contributed by atoms with E-state index >= 15 is 0 Å². The molecular weight excluding hydrogens is 448 g/mol. The van der Waals surface area contributed by atoms with Gasteiger partial charge in [0.2, 0.25) is 0 Å². The van der Waals surface area contributed by atoms with Crippen LogP contribution < -0.4 is 9.47 Å². The molecule has 0 fully saturated rings. The van der Waals surface area contributed by atoms with Gasteiger partial charge in [-0.05, 0) is 67.8 Å². The molecule has 7 heteroatoms. The number of hydrogen-bond donors (Lipinski definition) is 0. The minimum absolute atomic E-state index is 0.116. The zero-order valence-corrected chi connectivity index (χ0v) is 19.6. The van der Waals surface area contributed by atoms with Crippen molar-refractivity contribution in [2.75, 3.05) is 13.6 Å². The van der Waals surface area contributed by atoms with Crippen molar-refractivity contribution >= 4 is 17.5 Å². The molecule has 4 nitrogen and oxygen atoms in total. The summed E-state index contributed by atoms with van der Waals surface area (Å²) in [6.45, 7) is 6.23. The zero-order valence-electron chi connectivity index (χ0n) is 18.8. The molecule has 0 N–H and O–H groups in total. The number of ether oxygens (including phenoxy) is 2. The first-order valence-electron chi connectivity index (χ1n) is 10.7. The molecule has 0 spiro atoms. The Kier molecular flexibility index (Phi) is 6.06. The summed E-state index contributed by atoms with van der Waals surface area (Å²) in [7, 11) is 1.62. The quantitative estimate of drug-likeness (QED) is 0.433. The van der Waals surface area contributed by atoms with E-state index in [2.05, 4.69) is 0 Å². The average molecular weight is 472 g/mol. The Balaban J connectivity index is 1.86. The van der Waals surface area contributed by atoms with Gasteiger partial charge in [-0.3, -0.25) is 4.79 Å². The van der Waals surface area contributed by atoms with E-state index in [-0.39, 0.29) is 17.1 Å². The van der Waals surface area contributed by atoms with Gasteiger partial charge in [0.15, 0.2) is 11.5 Å². The Morgan fingerprint density at radius 1 is 1.03 bits per heavy atom. The van der Waals surface area contributed by atoms with Gasteiger partial charge in [-0.1, -0.05) is 24.6 Å². The fourth-order valence-electron chi connectivity index (χ4n) is 3.92. The SMILES string of the molecule is CCCN(C)C(=O)c1cc2c(cc1F)OC(c1ccc(F)cc1)(c1ccc(C)c(C)c1Cl)O2. The van der Waals surface area contributed by atoms with Gasteiger partial charge in [-0.25, -0.2) is 8.78 Å². The van der Waals surface area contributed by atoms with E-state index in [0.29, 0.717) is 22.7 Å². The third-order valence-electron chi connectivity index (χ3n) is 5.91. The first-order valence-corrected chi connectivity index (χ1v) is 11.0. The van der Waals surface area contributed by atoms with Crippen molar-refractivity contribution in [3.8, 4) is 11.5 Å². The molecule has 0 saturated carbocycles. The maximum absolute atomic E-state index is 14.9. The molecule has 0 saturated heterocycles. The van der Waals surface area contributed by atoms with Crippen molar-refractivity contribution in [3.05, 3.63) is 93.0 Å². The highest BCUT2D eigenvalue weighted by Gasteiger charge is 2.48. The van der Waals surface area contributed by atoms with Crippen molar-refractivity contribution in [2.45, 2.75) is 33.0 Å². The van der Waals surface area contributed by atoms with Crippen molar-refractivity contribution in [1.29, 1.82) is 0 Å². The van der Waals surface area contributed by atoms with Gasteiger partial charge in [0, 0.05) is 25.2 Å². The number of aryl methyl sites for hydroxylation is 1. The van der Waals surface area contributed by atoms with Gasteiger partial charge < -0.3 is 14.4 Å². The van der Waals surface area contributed by atoms with Crippen LogP contribution >= 0.6 is 11.6 Å². The number of carbonyl (C=O) groups is 1. The third kappa shape index (κ3) is 3.93. The van der Waals surface area contributed by atoms with Crippen molar-refractivity contribution in [3.63, 3.8) is 0 Å². The molecule has 0 aliphatic carbocycles. The fourth-order valence-corrected chi connectivity index (χ4v) is 4.26. The number of hydrogen-bond acceptors (Lipinski definition) is 3. The van der Waals surface area contributed by atoms with E-state index in [4.69, 9.17) is 21.1 Å². The van der Waals surface area contributed by atoms with E-state index in [1.807, 2.05) is 26.8 Å². The van der Waals surface area contributed by atoms with E-state index < -0.39 is 23.3 Å². The summed E-state index contributed by atoms with van der Waals surface area (Å²) >= 11 is 6.71. The van der Waals surface area contributed by atoms with Gasteiger partial charge in [-0.15, -0.1) is 0 Å².